The van der Waals surface area contributed by atoms with Crippen LogP contribution in [0.2, 0.25) is 0 Å². The lowest BCUT2D eigenvalue weighted by Gasteiger charge is -2.14. The molecule has 0 heterocycles. The minimum absolute atomic E-state index is 0.0131. The molecule has 2 amide bonds. The standard InChI is InChI=1S/C18H18F2N2O5/c1-25-10-15(23)21-11-6-8-12(9-7-11)22-17(24)13-4-3-5-14(26-2)16(13)27-18(19)20/h3-9,18H,10H2,1-2H3,(H,21,23)(H,22,24). The molecule has 7 nitrogen and oxygen atoms in total. The molecule has 0 aliphatic heterocycles. The van der Waals surface area contributed by atoms with Crippen LogP contribution in [0.25, 0.3) is 0 Å². The van der Waals surface area contributed by atoms with Gasteiger partial charge in [-0.05, 0) is 36.4 Å². The van der Waals surface area contributed by atoms with E-state index in [0.29, 0.717) is 11.4 Å². The van der Waals surface area contributed by atoms with Gasteiger partial charge in [0.05, 0.1) is 12.7 Å². The molecular formula is C18H18F2N2O5. The van der Waals surface area contributed by atoms with Crippen molar-refractivity contribution >= 4 is 23.2 Å². The molecule has 0 bridgehead atoms. The number of methoxy groups -OCH3 is 2. The van der Waals surface area contributed by atoms with E-state index in [1.54, 1.807) is 24.3 Å². The van der Waals surface area contributed by atoms with Gasteiger partial charge < -0.3 is 24.8 Å². The van der Waals surface area contributed by atoms with Crippen molar-refractivity contribution in [3.63, 3.8) is 0 Å². The lowest BCUT2D eigenvalue weighted by molar-refractivity contribution is -0.119. The van der Waals surface area contributed by atoms with Crippen LogP contribution in [0.5, 0.6) is 11.5 Å². The number of hydrogen-bond donors (Lipinski definition) is 2. The third-order valence-corrected chi connectivity index (χ3v) is 3.35. The van der Waals surface area contributed by atoms with Crippen LogP contribution in [0.1, 0.15) is 10.4 Å². The Kier molecular flexibility index (Phi) is 7.07. The minimum Gasteiger partial charge on any atom is -0.493 e. The highest BCUT2D eigenvalue weighted by atomic mass is 19.3. The van der Waals surface area contributed by atoms with Crippen molar-refractivity contribution in [2.24, 2.45) is 0 Å². The van der Waals surface area contributed by atoms with Gasteiger partial charge >= 0.3 is 6.61 Å². The summed E-state index contributed by atoms with van der Waals surface area (Å²) in [6.45, 7) is -3.19. The van der Waals surface area contributed by atoms with E-state index >= 15 is 0 Å². The largest absolute Gasteiger partial charge is 0.493 e. The predicted molar refractivity (Wildman–Crippen MR) is 94.5 cm³/mol. The molecule has 0 saturated heterocycles. The lowest BCUT2D eigenvalue weighted by atomic mass is 10.1. The number of carbonyl (C=O) groups excluding carboxylic acids is 2. The smallest absolute Gasteiger partial charge is 0.387 e. The van der Waals surface area contributed by atoms with Gasteiger partial charge in [0.2, 0.25) is 5.91 Å². The Morgan fingerprint density at radius 2 is 1.63 bits per heavy atom. The zero-order chi connectivity index (χ0) is 19.8. The van der Waals surface area contributed by atoms with Crippen molar-refractivity contribution < 1.29 is 32.6 Å². The molecule has 2 N–H and O–H groups in total. The Morgan fingerprint density at radius 1 is 1.00 bits per heavy atom. The van der Waals surface area contributed by atoms with Gasteiger partial charge in [-0.3, -0.25) is 9.59 Å². The molecule has 2 aromatic carbocycles. The topological polar surface area (TPSA) is 85.9 Å². The van der Waals surface area contributed by atoms with Crippen molar-refractivity contribution in [2.75, 3.05) is 31.5 Å². The zero-order valence-electron chi connectivity index (χ0n) is 14.6. The summed E-state index contributed by atoms with van der Waals surface area (Å²) in [5, 5.41) is 5.18. The summed E-state index contributed by atoms with van der Waals surface area (Å²) >= 11 is 0. The first-order chi connectivity index (χ1) is 12.9. The summed E-state index contributed by atoms with van der Waals surface area (Å²) in [6, 6.07) is 10.5. The van der Waals surface area contributed by atoms with Crippen LogP contribution in [0.3, 0.4) is 0 Å². The van der Waals surface area contributed by atoms with Crippen LogP contribution in [-0.4, -0.2) is 39.3 Å². The number of para-hydroxylation sites is 1. The van der Waals surface area contributed by atoms with Gasteiger partial charge in [-0.2, -0.15) is 8.78 Å². The van der Waals surface area contributed by atoms with E-state index in [9.17, 15) is 18.4 Å². The number of nitrogens with one attached hydrogen (secondary N) is 2. The van der Waals surface area contributed by atoms with E-state index in [0.717, 1.165) is 0 Å². The predicted octanol–water partition coefficient (Wildman–Crippen LogP) is 3.13. The van der Waals surface area contributed by atoms with Gasteiger partial charge in [0.15, 0.2) is 11.5 Å². The molecule has 0 aromatic heterocycles. The van der Waals surface area contributed by atoms with E-state index in [1.165, 1.54) is 32.4 Å². The molecule has 144 valence electrons. The van der Waals surface area contributed by atoms with Gasteiger partial charge in [0.25, 0.3) is 5.91 Å². The summed E-state index contributed by atoms with van der Waals surface area (Å²) in [6.07, 6.45) is 0. The summed E-state index contributed by atoms with van der Waals surface area (Å²) < 4.78 is 39.4. The van der Waals surface area contributed by atoms with E-state index in [2.05, 4.69) is 15.4 Å². The Hall–Kier alpha value is -3.20. The molecule has 2 aromatic rings. The fraction of sp³-hybridized carbons (Fsp3) is 0.222. The first kappa shape index (κ1) is 20.1. The van der Waals surface area contributed by atoms with Crippen LogP contribution in [-0.2, 0) is 9.53 Å². The zero-order valence-corrected chi connectivity index (χ0v) is 14.6. The van der Waals surface area contributed by atoms with Crippen molar-refractivity contribution in [1.82, 2.24) is 0 Å². The van der Waals surface area contributed by atoms with Crippen molar-refractivity contribution in [3.05, 3.63) is 48.0 Å². The van der Waals surface area contributed by atoms with Gasteiger partial charge in [0.1, 0.15) is 6.61 Å². The Morgan fingerprint density at radius 3 is 2.19 bits per heavy atom. The average molecular weight is 380 g/mol. The average Bonchev–Trinajstić information content (AvgIpc) is 2.63. The van der Waals surface area contributed by atoms with Gasteiger partial charge in [0, 0.05) is 18.5 Å². The number of ether oxygens (including phenoxy) is 3. The quantitative estimate of drug-likeness (QED) is 0.735. The van der Waals surface area contributed by atoms with E-state index < -0.39 is 12.5 Å². The van der Waals surface area contributed by atoms with Gasteiger partial charge in [-0.25, -0.2) is 0 Å². The highest BCUT2D eigenvalue weighted by Crippen LogP contribution is 2.33. The van der Waals surface area contributed by atoms with Crippen LogP contribution < -0.4 is 20.1 Å². The number of anilines is 2. The second-order valence-electron chi connectivity index (χ2n) is 5.23. The van der Waals surface area contributed by atoms with Crippen LogP contribution >= 0.6 is 0 Å². The second kappa shape index (κ2) is 9.48. The van der Waals surface area contributed by atoms with E-state index in [-0.39, 0.29) is 29.6 Å². The molecule has 2 rings (SSSR count). The van der Waals surface area contributed by atoms with E-state index in [1.807, 2.05) is 0 Å². The second-order valence-corrected chi connectivity index (χ2v) is 5.23. The number of amides is 2. The third-order valence-electron chi connectivity index (χ3n) is 3.35. The Balaban J connectivity index is 2.14. The number of carbonyl (C=O) groups is 2. The van der Waals surface area contributed by atoms with Crippen LogP contribution in [0, 0.1) is 0 Å². The SMILES string of the molecule is COCC(=O)Nc1ccc(NC(=O)c2cccc(OC)c2OC(F)F)cc1. The molecule has 0 aliphatic carbocycles. The summed E-state index contributed by atoms with van der Waals surface area (Å²) in [4.78, 5) is 23.9. The highest BCUT2D eigenvalue weighted by Gasteiger charge is 2.20. The third kappa shape index (κ3) is 5.65. The lowest BCUT2D eigenvalue weighted by Crippen LogP contribution is -2.17. The molecule has 0 spiro atoms. The first-order valence-corrected chi connectivity index (χ1v) is 7.76. The molecule has 0 aliphatic rings. The Labute approximate surface area is 154 Å². The van der Waals surface area contributed by atoms with Crippen LogP contribution in [0.15, 0.2) is 42.5 Å². The summed E-state index contributed by atoms with van der Waals surface area (Å²) in [5.74, 6) is -1.31. The molecular weight excluding hydrogens is 362 g/mol. The monoisotopic (exact) mass is 380 g/mol. The fourth-order valence-electron chi connectivity index (χ4n) is 2.23. The normalized spacial score (nSPS) is 10.4. The number of hydrogen-bond acceptors (Lipinski definition) is 5. The maximum atomic E-state index is 12.7. The molecule has 0 atom stereocenters. The number of rotatable bonds is 8. The Bertz CT molecular complexity index is 797. The summed E-state index contributed by atoms with van der Waals surface area (Å²) in [7, 11) is 2.69. The molecule has 0 fully saturated rings. The molecule has 0 radical (unpaired) electrons. The van der Waals surface area contributed by atoms with Crippen molar-refractivity contribution in [1.29, 1.82) is 0 Å². The van der Waals surface area contributed by atoms with Gasteiger partial charge in [-0.1, -0.05) is 6.07 Å². The number of alkyl halides is 2. The molecule has 9 heteroatoms. The van der Waals surface area contributed by atoms with Crippen molar-refractivity contribution in [3.8, 4) is 11.5 Å². The van der Waals surface area contributed by atoms with Gasteiger partial charge in [-0.15, -0.1) is 0 Å². The molecule has 27 heavy (non-hydrogen) atoms. The van der Waals surface area contributed by atoms with Crippen molar-refractivity contribution in [2.45, 2.75) is 6.61 Å². The number of benzene rings is 2. The highest BCUT2D eigenvalue weighted by molar-refractivity contribution is 6.06. The van der Waals surface area contributed by atoms with E-state index in [4.69, 9.17) is 9.47 Å². The first-order valence-electron chi connectivity index (χ1n) is 7.76. The number of halogens is 2. The maximum Gasteiger partial charge on any atom is 0.387 e. The minimum atomic E-state index is -3.11. The summed E-state index contributed by atoms with van der Waals surface area (Å²) in [5.41, 5.74) is 0.806. The molecule has 0 saturated carbocycles. The molecule has 0 unspecified atom stereocenters. The van der Waals surface area contributed by atoms with Crippen LogP contribution in [0.4, 0.5) is 20.2 Å². The fourth-order valence-corrected chi connectivity index (χ4v) is 2.23. The maximum absolute atomic E-state index is 12.7.